The molecule has 1 aromatic carbocycles. The maximum atomic E-state index is 12.6. The minimum Gasteiger partial charge on any atom is -0.434 e. The molecule has 0 atom stereocenters. The number of hydrogen-bond donors (Lipinski definition) is 3. The number of carbonyl (C=O) groups excluding carboxylic acids is 1. The van der Waals surface area contributed by atoms with Crippen molar-refractivity contribution in [3.8, 4) is 5.75 Å². The van der Waals surface area contributed by atoms with Gasteiger partial charge in [0.05, 0.1) is 6.54 Å². The fourth-order valence-electron chi connectivity index (χ4n) is 2.66. The number of aryl methyl sites for hydroxylation is 2. The summed E-state index contributed by atoms with van der Waals surface area (Å²) in [6.07, 6.45) is 0.213. The topological polar surface area (TPSA) is 87.6 Å². The second-order valence-corrected chi connectivity index (χ2v) is 6.57. The number of aromatic nitrogens is 1. The van der Waals surface area contributed by atoms with Crippen molar-refractivity contribution in [3.05, 3.63) is 53.2 Å². The first-order chi connectivity index (χ1) is 14.4. The van der Waals surface area contributed by atoms with Crippen molar-refractivity contribution in [2.75, 3.05) is 18.4 Å². The normalized spacial score (nSPS) is 11.0. The molecule has 7 nitrogen and oxygen atoms in total. The molecule has 170 valence electrons. The van der Waals surface area contributed by atoms with E-state index in [1.165, 1.54) is 6.07 Å². The Hall–Kier alpha value is -2.50. The predicted octanol–water partition coefficient (Wildman–Crippen LogP) is 4.00. The number of hydrogen-bond acceptors (Lipinski definition) is 4. The second kappa shape index (κ2) is 13.7. The molecule has 1 aromatic heterocycles. The molecule has 31 heavy (non-hydrogen) atoms. The summed E-state index contributed by atoms with van der Waals surface area (Å²) < 4.78 is 29.8. The highest BCUT2D eigenvalue weighted by Gasteiger charge is 2.10. The van der Waals surface area contributed by atoms with Gasteiger partial charge in [0.2, 0.25) is 5.91 Å². The Morgan fingerprint density at radius 2 is 1.97 bits per heavy atom. The molecule has 0 fully saturated rings. The van der Waals surface area contributed by atoms with Crippen LogP contribution in [0.1, 0.15) is 30.2 Å². The Bertz CT molecular complexity index is 881. The number of aliphatic imine (C=N–C) groups is 1. The fourth-order valence-corrected chi connectivity index (χ4v) is 2.66. The number of halogens is 3. The number of pyridine rings is 1. The zero-order valence-electron chi connectivity index (χ0n) is 17.7. The largest absolute Gasteiger partial charge is 0.434 e. The van der Waals surface area contributed by atoms with Gasteiger partial charge in [-0.15, -0.1) is 24.0 Å². The van der Waals surface area contributed by atoms with Crippen molar-refractivity contribution < 1.29 is 18.3 Å². The van der Waals surface area contributed by atoms with E-state index >= 15 is 0 Å². The average molecular weight is 547 g/mol. The monoisotopic (exact) mass is 547 g/mol. The molecule has 10 heteroatoms. The van der Waals surface area contributed by atoms with Crippen molar-refractivity contribution in [2.24, 2.45) is 4.99 Å². The number of nitrogens with zero attached hydrogens (tertiary/aromatic N) is 2. The number of benzene rings is 1. The number of anilines is 1. The molecule has 3 N–H and O–H groups in total. The van der Waals surface area contributed by atoms with Crippen LogP contribution in [0.25, 0.3) is 0 Å². The third kappa shape index (κ3) is 9.90. The van der Waals surface area contributed by atoms with Gasteiger partial charge in [-0.2, -0.15) is 8.78 Å². The van der Waals surface area contributed by atoms with E-state index in [2.05, 4.69) is 30.7 Å². The van der Waals surface area contributed by atoms with Crippen LogP contribution in [0.5, 0.6) is 5.75 Å². The number of carbonyl (C=O) groups is 1. The van der Waals surface area contributed by atoms with Crippen LogP contribution < -0.4 is 20.7 Å². The Morgan fingerprint density at radius 3 is 2.65 bits per heavy atom. The lowest BCUT2D eigenvalue weighted by Gasteiger charge is -2.13. The van der Waals surface area contributed by atoms with E-state index in [9.17, 15) is 13.6 Å². The summed E-state index contributed by atoms with van der Waals surface area (Å²) in [6.45, 7) is 3.83. The van der Waals surface area contributed by atoms with E-state index in [0.717, 1.165) is 11.3 Å². The molecule has 0 aliphatic rings. The molecule has 0 spiro atoms. The lowest BCUT2D eigenvalue weighted by molar-refractivity contribution is -0.116. The maximum Gasteiger partial charge on any atom is 0.387 e. The molecule has 2 rings (SSSR count). The SMILES string of the molecule is CCNC(=NCc1cc(C)ccc1OC(F)F)NCCC(=O)Nc1cccc(C)n1.I. The Kier molecular flexibility index (Phi) is 11.8. The number of rotatable bonds is 9. The molecule has 0 unspecified atom stereocenters. The van der Waals surface area contributed by atoms with E-state index < -0.39 is 6.61 Å². The van der Waals surface area contributed by atoms with Crippen molar-refractivity contribution >= 4 is 41.7 Å². The number of nitrogens with one attached hydrogen (secondary N) is 3. The minimum absolute atomic E-state index is 0. The Balaban J connectivity index is 0.00000480. The molecular weight excluding hydrogens is 519 g/mol. The maximum absolute atomic E-state index is 12.6. The summed E-state index contributed by atoms with van der Waals surface area (Å²) in [5.41, 5.74) is 2.29. The summed E-state index contributed by atoms with van der Waals surface area (Å²) in [5.74, 6) is 0.901. The van der Waals surface area contributed by atoms with E-state index in [0.29, 0.717) is 30.4 Å². The summed E-state index contributed by atoms with van der Waals surface area (Å²) in [5, 5.41) is 8.87. The van der Waals surface area contributed by atoms with Crippen LogP contribution in [0, 0.1) is 13.8 Å². The number of ether oxygens (including phenoxy) is 1. The molecule has 1 amide bonds. The quantitative estimate of drug-likeness (QED) is 0.251. The van der Waals surface area contributed by atoms with Gasteiger partial charge in [0, 0.05) is 30.8 Å². The van der Waals surface area contributed by atoms with Gasteiger partial charge >= 0.3 is 6.61 Å². The summed E-state index contributed by atoms with van der Waals surface area (Å²) in [4.78, 5) is 20.7. The highest BCUT2D eigenvalue weighted by Crippen LogP contribution is 2.22. The molecule has 2 aromatic rings. The lowest BCUT2D eigenvalue weighted by atomic mass is 10.1. The van der Waals surface area contributed by atoms with Gasteiger partial charge in [0.15, 0.2) is 5.96 Å². The Morgan fingerprint density at radius 1 is 1.19 bits per heavy atom. The van der Waals surface area contributed by atoms with Gasteiger partial charge in [0.25, 0.3) is 0 Å². The zero-order valence-corrected chi connectivity index (χ0v) is 20.1. The van der Waals surface area contributed by atoms with Crippen LogP contribution in [0.3, 0.4) is 0 Å². The third-order valence-electron chi connectivity index (χ3n) is 3.98. The molecule has 0 saturated carbocycles. The highest BCUT2D eigenvalue weighted by molar-refractivity contribution is 14.0. The van der Waals surface area contributed by atoms with E-state index in [4.69, 9.17) is 0 Å². The van der Waals surface area contributed by atoms with E-state index in [1.54, 1.807) is 18.2 Å². The minimum atomic E-state index is -2.90. The van der Waals surface area contributed by atoms with Gasteiger partial charge in [-0.05, 0) is 39.0 Å². The first kappa shape index (κ1) is 26.5. The third-order valence-corrected chi connectivity index (χ3v) is 3.98. The zero-order chi connectivity index (χ0) is 21.9. The van der Waals surface area contributed by atoms with Crippen molar-refractivity contribution in [2.45, 2.75) is 40.3 Å². The first-order valence-corrected chi connectivity index (χ1v) is 9.67. The van der Waals surface area contributed by atoms with E-state index in [1.807, 2.05) is 32.9 Å². The molecule has 0 bridgehead atoms. The van der Waals surface area contributed by atoms with Crippen LogP contribution >= 0.6 is 24.0 Å². The lowest BCUT2D eigenvalue weighted by Crippen LogP contribution is -2.38. The number of guanidine groups is 1. The summed E-state index contributed by atoms with van der Waals surface area (Å²) in [7, 11) is 0. The van der Waals surface area contributed by atoms with Gasteiger partial charge in [-0.25, -0.2) is 9.98 Å². The average Bonchev–Trinajstić information content (AvgIpc) is 2.67. The van der Waals surface area contributed by atoms with Crippen molar-refractivity contribution in [1.82, 2.24) is 15.6 Å². The van der Waals surface area contributed by atoms with Gasteiger partial charge in [-0.1, -0.05) is 23.8 Å². The highest BCUT2D eigenvalue weighted by atomic mass is 127. The first-order valence-electron chi connectivity index (χ1n) is 9.67. The molecule has 0 saturated heterocycles. The van der Waals surface area contributed by atoms with Crippen molar-refractivity contribution in [1.29, 1.82) is 0 Å². The van der Waals surface area contributed by atoms with Gasteiger partial charge < -0.3 is 20.7 Å². The molecule has 0 aliphatic heterocycles. The van der Waals surface area contributed by atoms with Crippen molar-refractivity contribution in [3.63, 3.8) is 0 Å². The summed E-state index contributed by atoms with van der Waals surface area (Å²) >= 11 is 0. The fraction of sp³-hybridized carbons (Fsp3) is 0.381. The van der Waals surface area contributed by atoms with E-state index in [-0.39, 0.29) is 48.6 Å². The molecular formula is C21H28F2IN5O2. The molecule has 0 aliphatic carbocycles. The van der Waals surface area contributed by atoms with Crippen LogP contribution in [0.15, 0.2) is 41.4 Å². The molecule has 1 heterocycles. The number of alkyl halides is 2. The second-order valence-electron chi connectivity index (χ2n) is 6.57. The van der Waals surface area contributed by atoms with Gasteiger partial charge in [0.1, 0.15) is 11.6 Å². The van der Waals surface area contributed by atoms with Crippen LogP contribution in [-0.4, -0.2) is 36.6 Å². The van der Waals surface area contributed by atoms with Crippen LogP contribution in [-0.2, 0) is 11.3 Å². The van der Waals surface area contributed by atoms with Crippen LogP contribution in [0.2, 0.25) is 0 Å². The standard InChI is InChI=1S/C21H27F2N5O2.HI/c1-4-24-21(25-11-10-19(29)28-18-7-5-6-15(3)27-18)26-13-16-12-14(2)8-9-17(16)30-20(22)23;/h5-9,12,20H,4,10-11,13H2,1-3H3,(H2,24,25,26)(H,27,28,29);1H. The summed E-state index contributed by atoms with van der Waals surface area (Å²) in [6, 6.07) is 10.4. The van der Waals surface area contributed by atoms with Gasteiger partial charge in [-0.3, -0.25) is 4.79 Å². The van der Waals surface area contributed by atoms with Crippen LogP contribution in [0.4, 0.5) is 14.6 Å². The smallest absolute Gasteiger partial charge is 0.387 e. The number of amides is 1. The predicted molar refractivity (Wildman–Crippen MR) is 128 cm³/mol. The molecule has 0 radical (unpaired) electrons. The Labute approximate surface area is 198 Å².